The largest absolute Gasteiger partial charge is 0.480 e. The monoisotopic (exact) mass is 728 g/mol. The minimum absolute atomic E-state index is 0.0221. The lowest BCUT2D eigenvalue weighted by Crippen LogP contribution is -2.28. The van der Waals surface area contributed by atoms with Crippen molar-refractivity contribution < 1.29 is 24.2 Å². The van der Waals surface area contributed by atoms with Gasteiger partial charge in [-0.2, -0.15) is 0 Å². The Balaban J connectivity index is 4.24. The topological polar surface area (TPSA) is 92.7 Å². The molecule has 0 radical (unpaired) electrons. The number of ether oxygens (including phenoxy) is 1. The Morgan fingerprint density at radius 2 is 0.904 bits per heavy atom. The molecule has 2 N–H and O–H groups in total. The first-order chi connectivity index (χ1) is 25.5. The van der Waals surface area contributed by atoms with E-state index in [1.54, 1.807) is 0 Å². The van der Waals surface area contributed by atoms with Gasteiger partial charge in [-0.05, 0) is 96.3 Å². The van der Waals surface area contributed by atoms with Gasteiger partial charge in [0.15, 0.2) is 0 Å². The van der Waals surface area contributed by atoms with Crippen molar-refractivity contribution in [2.75, 3.05) is 6.54 Å². The van der Waals surface area contributed by atoms with E-state index in [-0.39, 0.29) is 24.5 Å². The third kappa shape index (κ3) is 40.1. The summed E-state index contributed by atoms with van der Waals surface area (Å²) in [4.78, 5) is 35.0. The fourth-order valence-electron chi connectivity index (χ4n) is 6.23. The van der Waals surface area contributed by atoms with Crippen LogP contribution in [-0.2, 0) is 19.1 Å². The van der Waals surface area contributed by atoms with Crippen LogP contribution in [0.15, 0.2) is 48.6 Å². The molecule has 1 unspecified atom stereocenters. The van der Waals surface area contributed by atoms with Gasteiger partial charge >= 0.3 is 11.9 Å². The van der Waals surface area contributed by atoms with Gasteiger partial charge in [0.05, 0.1) is 0 Å². The van der Waals surface area contributed by atoms with Gasteiger partial charge in [-0.3, -0.25) is 14.4 Å². The minimum atomic E-state index is -1.02. The van der Waals surface area contributed by atoms with E-state index in [1.165, 1.54) is 103 Å². The first-order valence-corrected chi connectivity index (χ1v) is 21.8. The number of rotatable bonds is 39. The van der Waals surface area contributed by atoms with Gasteiger partial charge in [0.25, 0.3) is 0 Å². The first kappa shape index (κ1) is 49.4. The molecule has 0 saturated heterocycles. The van der Waals surface area contributed by atoms with Gasteiger partial charge in [0.2, 0.25) is 5.91 Å². The molecule has 0 saturated carbocycles. The third-order valence-corrected chi connectivity index (χ3v) is 9.47. The van der Waals surface area contributed by atoms with Crippen LogP contribution in [-0.4, -0.2) is 35.6 Å². The zero-order valence-electron chi connectivity index (χ0n) is 33.9. The highest BCUT2D eigenvalue weighted by Crippen LogP contribution is 2.18. The number of unbranched alkanes of at least 4 members (excludes halogenated alkanes) is 20. The summed E-state index contributed by atoms with van der Waals surface area (Å²) in [7, 11) is 0. The lowest BCUT2D eigenvalue weighted by Gasteiger charge is -2.18. The van der Waals surface area contributed by atoms with Crippen molar-refractivity contribution in [2.24, 2.45) is 0 Å². The fraction of sp³-hybridized carbons (Fsp3) is 0.761. The highest BCUT2D eigenvalue weighted by molar-refractivity contribution is 5.80. The molecule has 0 heterocycles. The Labute approximate surface area is 320 Å². The predicted molar refractivity (Wildman–Crippen MR) is 222 cm³/mol. The summed E-state index contributed by atoms with van der Waals surface area (Å²) in [5.74, 6) is -1.27. The van der Waals surface area contributed by atoms with Crippen molar-refractivity contribution in [3.63, 3.8) is 0 Å². The van der Waals surface area contributed by atoms with Gasteiger partial charge in [-0.15, -0.1) is 0 Å². The van der Waals surface area contributed by atoms with Gasteiger partial charge in [-0.1, -0.05) is 152 Å². The average Bonchev–Trinajstić information content (AvgIpc) is 3.13. The molecule has 6 nitrogen and oxygen atoms in total. The molecule has 0 aliphatic rings. The molecular weight excluding hydrogens is 647 g/mol. The van der Waals surface area contributed by atoms with E-state index in [0.29, 0.717) is 12.8 Å². The molecule has 52 heavy (non-hydrogen) atoms. The van der Waals surface area contributed by atoms with Gasteiger partial charge in [0, 0.05) is 12.8 Å². The predicted octanol–water partition coefficient (Wildman–Crippen LogP) is 13.5. The fourth-order valence-corrected chi connectivity index (χ4v) is 6.23. The number of nitrogens with one attached hydrogen (secondary N) is 1. The van der Waals surface area contributed by atoms with Crippen LogP contribution in [0.2, 0.25) is 0 Å². The number of carboxylic acids is 1. The van der Waals surface area contributed by atoms with Crippen LogP contribution in [0, 0.1) is 0 Å². The maximum Gasteiger partial charge on any atom is 0.322 e. The maximum atomic E-state index is 12.8. The molecule has 0 aromatic rings. The SMILES string of the molecule is CCCCC/C=C\C/C=C\CCCCCCCCCC(=O)OC(CCC/C=C\C/C=C\CCCCCCC)CCCCCCCC(=O)NCC(=O)O. The lowest BCUT2D eigenvalue weighted by molar-refractivity contribution is -0.150. The maximum absolute atomic E-state index is 12.8. The lowest BCUT2D eigenvalue weighted by atomic mass is 10.0. The van der Waals surface area contributed by atoms with Crippen LogP contribution in [0.25, 0.3) is 0 Å². The quantitative estimate of drug-likeness (QED) is 0.0373. The normalized spacial score (nSPS) is 12.5. The average molecular weight is 728 g/mol. The Kier molecular flexibility index (Phi) is 39.1. The molecule has 1 amide bonds. The molecule has 0 aromatic carbocycles. The van der Waals surface area contributed by atoms with Crippen LogP contribution in [0.3, 0.4) is 0 Å². The van der Waals surface area contributed by atoms with E-state index >= 15 is 0 Å². The van der Waals surface area contributed by atoms with E-state index in [2.05, 4.69) is 67.8 Å². The number of carbonyl (C=O) groups is 3. The summed E-state index contributed by atoms with van der Waals surface area (Å²) in [6, 6.07) is 0. The summed E-state index contributed by atoms with van der Waals surface area (Å²) in [6.45, 7) is 4.18. The van der Waals surface area contributed by atoms with Crippen molar-refractivity contribution in [2.45, 2.75) is 219 Å². The van der Waals surface area contributed by atoms with E-state index < -0.39 is 5.97 Å². The second-order valence-electron chi connectivity index (χ2n) is 14.6. The second-order valence-corrected chi connectivity index (χ2v) is 14.6. The van der Waals surface area contributed by atoms with Gasteiger partial charge in [0.1, 0.15) is 12.6 Å². The van der Waals surface area contributed by atoms with Crippen molar-refractivity contribution in [1.29, 1.82) is 0 Å². The minimum Gasteiger partial charge on any atom is -0.480 e. The number of amides is 1. The molecule has 0 fully saturated rings. The molecular formula is C46H81NO5. The number of carboxylic acid groups (broad SMARTS) is 1. The van der Waals surface area contributed by atoms with Crippen molar-refractivity contribution >= 4 is 17.8 Å². The third-order valence-electron chi connectivity index (χ3n) is 9.47. The highest BCUT2D eigenvalue weighted by atomic mass is 16.5. The molecule has 300 valence electrons. The molecule has 0 rings (SSSR count). The Morgan fingerprint density at radius 3 is 1.44 bits per heavy atom. The van der Waals surface area contributed by atoms with Gasteiger partial charge < -0.3 is 15.2 Å². The van der Waals surface area contributed by atoms with E-state index in [0.717, 1.165) is 83.5 Å². The van der Waals surface area contributed by atoms with Crippen molar-refractivity contribution in [3.8, 4) is 0 Å². The molecule has 0 aliphatic carbocycles. The van der Waals surface area contributed by atoms with Crippen LogP contribution < -0.4 is 5.32 Å². The summed E-state index contributed by atoms with van der Waals surface area (Å²) in [5.41, 5.74) is 0. The Bertz CT molecular complexity index is 937. The van der Waals surface area contributed by atoms with E-state index in [9.17, 15) is 14.4 Å². The molecule has 0 bridgehead atoms. The number of aliphatic carboxylic acids is 1. The number of esters is 1. The van der Waals surface area contributed by atoms with Gasteiger partial charge in [-0.25, -0.2) is 0 Å². The Hall–Kier alpha value is -2.63. The summed E-state index contributed by atoms with van der Waals surface area (Å²) >= 11 is 0. The highest BCUT2D eigenvalue weighted by Gasteiger charge is 2.14. The smallest absolute Gasteiger partial charge is 0.322 e. The molecule has 0 spiro atoms. The summed E-state index contributed by atoms with van der Waals surface area (Å²) < 4.78 is 6.01. The van der Waals surface area contributed by atoms with Crippen LogP contribution in [0.1, 0.15) is 213 Å². The van der Waals surface area contributed by atoms with Crippen molar-refractivity contribution in [3.05, 3.63) is 48.6 Å². The molecule has 6 heteroatoms. The number of hydrogen-bond acceptors (Lipinski definition) is 4. The van der Waals surface area contributed by atoms with Crippen molar-refractivity contribution in [1.82, 2.24) is 5.32 Å². The number of allylic oxidation sites excluding steroid dienone is 8. The zero-order chi connectivity index (χ0) is 38.0. The standard InChI is InChI=1S/C46H81NO5/c1-3-5-7-9-11-13-15-17-18-19-20-22-24-26-28-33-37-41-46(51)52-43(39-35-31-29-32-36-40-44(48)47-42-45(49)50)38-34-30-27-25-23-21-16-14-12-10-8-6-4-2/h11,13,16-18,21,25,27,43H,3-10,12,14-15,19-20,22-24,26,28-42H2,1-2H3,(H,47,48)(H,49,50)/b13-11-,18-17-,21-16-,27-25-. The van der Waals surface area contributed by atoms with Crippen LogP contribution in [0.5, 0.6) is 0 Å². The van der Waals surface area contributed by atoms with E-state index in [1.807, 2.05) is 0 Å². The zero-order valence-corrected chi connectivity index (χ0v) is 33.9. The second kappa shape index (κ2) is 41.1. The van der Waals surface area contributed by atoms with Crippen LogP contribution >= 0.6 is 0 Å². The number of carbonyl (C=O) groups excluding carboxylic acids is 2. The van der Waals surface area contributed by atoms with Crippen LogP contribution in [0.4, 0.5) is 0 Å². The molecule has 1 atom stereocenters. The molecule has 0 aliphatic heterocycles. The molecule has 0 aromatic heterocycles. The summed E-state index contributed by atoms with van der Waals surface area (Å²) in [6.07, 6.45) is 52.3. The number of hydrogen-bond donors (Lipinski definition) is 2. The van der Waals surface area contributed by atoms with E-state index in [4.69, 9.17) is 9.84 Å². The summed E-state index contributed by atoms with van der Waals surface area (Å²) in [5, 5.41) is 11.1. The first-order valence-electron chi connectivity index (χ1n) is 21.8. The Morgan fingerprint density at radius 1 is 0.500 bits per heavy atom.